The number of rotatable bonds is 13. The van der Waals surface area contributed by atoms with Crippen LogP contribution in [-0.4, -0.2) is 268 Å². The second-order valence-electron chi connectivity index (χ2n) is 14.0. The molecular formula is C30H53NO25. The highest BCUT2D eigenvalue weighted by atomic mass is 16.8. The second kappa shape index (κ2) is 19.6. The SMILES string of the molecule is NC1C(O)[C@H](OC2OC(CO)[C@H](O)C(OC3OC(CO)[C@H](O)C(O)C3O)C2O)C(CO)O[C@H]1OC1C(O)[C@H](O[C@@H]2C(CO)OC(O)C(O)C2O)OC(CO)[C@@H]1O. The Balaban J connectivity index is 1.29. The van der Waals surface area contributed by atoms with Gasteiger partial charge < -0.3 is 130 Å². The van der Waals surface area contributed by atoms with Crippen LogP contribution in [0, 0.1) is 0 Å². The van der Waals surface area contributed by atoms with Crippen LogP contribution >= 0.6 is 0 Å². The third kappa shape index (κ3) is 9.16. The van der Waals surface area contributed by atoms with Crippen LogP contribution in [0.15, 0.2) is 0 Å². The molecule has 0 aliphatic carbocycles. The third-order valence-electron chi connectivity index (χ3n) is 10.4. The van der Waals surface area contributed by atoms with E-state index in [-0.39, 0.29) is 0 Å². The highest BCUT2D eigenvalue weighted by Crippen LogP contribution is 2.35. The largest absolute Gasteiger partial charge is 0.394 e. The van der Waals surface area contributed by atoms with Crippen molar-refractivity contribution in [2.24, 2.45) is 5.73 Å². The fraction of sp³-hybridized carbons (Fsp3) is 1.00. The smallest absolute Gasteiger partial charge is 0.187 e. The predicted molar refractivity (Wildman–Crippen MR) is 168 cm³/mol. The lowest BCUT2D eigenvalue weighted by atomic mass is 9.94. The van der Waals surface area contributed by atoms with Gasteiger partial charge in [0.25, 0.3) is 0 Å². The fourth-order valence-electron chi connectivity index (χ4n) is 7.07. The Bertz CT molecular complexity index is 1210. The van der Waals surface area contributed by atoms with Gasteiger partial charge in [0.15, 0.2) is 31.5 Å². The molecule has 5 rings (SSSR count). The fourth-order valence-corrected chi connectivity index (χ4v) is 7.07. The van der Waals surface area contributed by atoms with E-state index in [0.29, 0.717) is 0 Å². The van der Waals surface area contributed by atoms with Crippen molar-refractivity contribution in [2.45, 2.75) is 153 Å². The van der Waals surface area contributed by atoms with Crippen molar-refractivity contribution in [3.05, 3.63) is 0 Å². The number of hydrogen-bond acceptors (Lipinski definition) is 26. The summed E-state index contributed by atoms with van der Waals surface area (Å²) in [5, 5.41) is 166. The maximum Gasteiger partial charge on any atom is 0.187 e. The average molecular weight is 828 g/mol. The quantitative estimate of drug-likeness (QED) is 0.0819. The van der Waals surface area contributed by atoms with Crippen LogP contribution in [-0.2, 0) is 42.6 Å². The van der Waals surface area contributed by atoms with E-state index in [0.717, 1.165) is 0 Å². The summed E-state index contributed by atoms with van der Waals surface area (Å²) >= 11 is 0. The molecule has 18 N–H and O–H groups in total. The summed E-state index contributed by atoms with van der Waals surface area (Å²) < 4.78 is 49.6. The van der Waals surface area contributed by atoms with E-state index in [9.17, 15) is 81.7 Å². The van der Waals surface area contributed by atoms with E-state index in [4.69, 9.17) is 48.4 Å². The number of ether oxygens (including phenoxy) is 9. The minimum absolute atomic E-state index is 0.827. The van der Waals surface area contributed by atoms with Crippen LogP contribution in [0.1, 0.15) is 0 Å². The lowest BCUT2D eigenvalue weighted by molar-refractivity contribution is -0.385. The van der Waals surface area contributed by atoms with Gasteiger partial charge in [-0.15, -0.1) is 0 Å². The first-order chi connectivity index (χ1) is 26.5. The van der Waals surface area contributed by atoms with Crippen molar-refractivity contribution in [3.63, 3.8) is 0 Å². The maximum absolute atomic E-state index is 11.3. The van der Waals surface area contributed by atoms with Crippen molar-refractivity contribution >= 4 is 0 Å². The van der Waals surface area contributed by atoms with Crippen LogP contribution in [0.25, 0.3) is 0 Å². The summed E-state index contributed by atoms with van der Waals surface area (Å²) in [6.45, 7) is -4.42. The van der Waals surface area contributed by atoms with Gasteiger partial charge in [0.2, 0.25) is 0 Å². The van der Waals surface area contributed by atoms with Crippen molar-refractivity contribution in [2.75, 3.05) is 33.0 Å². The molecule has 26 nitrogen and oxygen atoms in total. The summed E-state index contributed by atoms with van der Waals surface area (Å²) in [5.41, 5.74) is 6.22. The van der Waals surface area contributed by atoms with E-state index in [2.05, 4.69) is 0 Å². The Morgan fingerprint density at radius 1 is 0.321 bits per heavy atom. The predicted octanol–water partition coefficient (Wildman–Crippen LogP) is -12.0. The minimum Gasteiger partial charge on any atom is -0.394 e. The Hall–Kier alpha value is -1.04. The van der Waals surface area contributed by atoms with Gasteiger partial charge in [-0.05, 0) is 0 Å². The van der Waals surface area contributed by atoms with E-state index >= 15 is 0 Å². The minimum atomic E-state index is -2.04. The van der Waals surface area contributed by atoms with Crippen LogP contribution in [0.2, 0.25) is 0 Å². The highest BCUT2D eigenvalue weighted by molar-refractivity contribution is 4.99. The van der Waals surface area contributed by atoms with Crippen molar-refractivity contribution in [3.8, 4) is 0 Å². The summed E-state index contributed by atoms with van der Waals surface area (Å²) in [5.74, 6) is 0. The van der Waals surface area contributed by atoms with Gasteiger partial charge in [-0.25, -0.2) is 0 Å². The zero-order valence-corrected chi connectivity index (χ0v) is 29.4. The molecule has 0 saturated carbocycles. The van der Waals surface area contributed by atoms with Crippen LogP contribution in [0.3, 0.4) is 0 Å². The van der Waals surface area contributed by atoms with Crippen molar-refractivity contribution in [1.82, 2.24) is 0 Å². The van der Waals surface area contributed by atoms with E-state index in [1.54, 1.807) is 0 Å². The number of aliphatic hydroxyl groups excluding tert-OH is 16. The molecule has 5 aliphatic heterocycles. The molecule has 0 aromatic heterocycles. The molecule has 0 amide bonds. The Kier molecular flexibility index (Phi) is 16.1. The maximum atomic E-state index is 11.3. The standard InChI is InChI=1S/C30H53NO25/c31-11-15(40)22(53-29-21(46)25(14(39)8(3-34)50-29)56-28-19(44)16(41)12(37)6(1-32)49-28)10(5-36)52-27(11)55-24-13(38)7(2-33)51-30(20(24)45)54-23-9(4-35)48-26(47)18(43)17(23)42/h6-30,32-47H,1-5,31H2/t6?,7?,8?,9?,10?,11?,12-,13-,14-,15?,16?,17?,18?,19?,20?,21?,22+,23+,24?,25?,26?,27-,28?,29?,30-/m0/s1. The molecule has 0 aromatic rings. The summed E-state index contributed by atoms with van der Waals surface area (Å²) in [4.78, 5) is 0. The van der Waals surface area contributed by atoms with Gasteiger partial charge in [0, 0.05) is 0 Å². The van der Waals surface area contributed by atoms with Crippen LogP contribution < -0.4 is 5.73 Å². The Morgan fingerprint density at radius 2 is 0.679 bits per heavy atom. The van der Waals surface area contributed by atoms with E-state index < -0.39 is 187 Å². The van der Waals surface area contributed by atoms with Crippen molar-refractivity contribution in [1.29, 1.82) is 0 Å². The molecule has 5 fully saturated rings. The molecule has 26 heteroatoms. The van der Waals surface area contributed by atoms with Crippen LogP contribution in [0.4, 0.5) is 0 Å². The lowest BCUT2D eigenvalue weighted by Gasteiger charge is -2.49. The molecule has 5 saturated heterocycles. The first kappa shape index (κ1) is 46.0. The van der Waals surface area contributed by atoms with Crippen LogP contribution in [0.5, 0.6) is 0 Å². The number of hydrogen-bond donors (Lipinski definition) is 17. The molecule has 25 atom stereocenters. The topological polar surface area (TPSA) is 433 Å². The van der Waals surface area contributed by atoms with Gasteiger partial charge >= 0.3 is 0 Å². The van der Waals surface area contributed by atoms with E-state index in [1.807, 2.05) is 0 Å². The molecule has 328 valence electrons. The average Bonchev–Trinajstić information content (AvgIpc) is 3.19. The summed E-state index contributed by atoms with van der Waals surface area (Å²) in [6, 6.07) is -1.66. The lowest BCUT2D eigenvalue weighted by Crippen LogP contribution is -2.69. The zero-order valence-electron chi connectivity index (χ0n) is 29.4. The van der Waals surface area contributed by atoms with Gasteiger partial charge in [0.1, 0.15) is 116 Å². The molecule has 5 heterocycles. The Labute approximate surface area is 316 Å². The molecule has 18 unspecified atom stereocenters. The molecule has 56 heavy (non-hydrogen) atoms. The monoisotopic (exact) mass is 827 g/mol. The van der Waals surface area contributed by atoms with Crippen molar-refractivity contribution < 1.29 is 124 Å². The molecule has 0 radical (unpaired) electrons. The normalized spacial score (nSPS) is 53.2. The molecule has 5 aliphatic rings. The van der Waals surface area contributed by atoms with E-state index in [1.165, 1.54) is 0 Å². The van der Waals surface area contributed by atoms with Gasteiger partial charge in [0.05, 0.1) is 39.1 Å². The number of aliphatic hydroxyl groups is 16. The van der Waals surface area contributed by atoms with Gasteiger partial charge in [-0.3, -0.25) is 0 Å². The number of nitrogens with two attached hydrogens (primary N) is 1. The van der Waals surface area contributed by atoms with Gasteiger partial charge in [-0.1, -0.05) is 0 Å². The molecular weight excluding hydrogens is 774 g/mol. The van der Waals surface area contributed by atoms with Gasteiger partial charge in [-0.2, -0.15) is 0 Å². The zero-order chi connectivity index (χ0) is 41.3. The summed E-state index contributed by atoms with van der Waals surface area (Å²) in [7, 11) is 0. The molecule has 0 bridgehead atoms. The molecule has 0 aromatic carbocycles. The molecule has 0 spiro atoms. The third-order valence-corrected chi connectivity index (χ3v) is 10.4. The first-order valence-electron chi connectivity index (χ1n) is 17.7. The first-order valence-corrected chi connectivity index (χ1v) is 17.7. The Morgan fingerprint density at radius 3 is 1.14 bits per heavy atom. The second-order valence-corrected chi connectivity index (χ2v) is 14.0. The highest BCUT2D eigenvalue weighted by Gasteiger charge is 2.56. The summed E-state index contributed by atoms with van der Waals surface area (Å²) in [6.07, 6.45) is -43.1.